The maximum absolute atomic E-state index is 14.6. The average Bonchev–Trinajstić information content (AvgIpc) is 3.00. The third-order valence-corrected chi connectivity index (χ3v) is 4.63. The molecule has 0 spiro atoms. The fourth-order valence-corrected chi connectivity index (χ4v) is 3.27. The minimum Gasteiger partial charge on any atom is -0.385 e. The first-order chi connectivity index (χ1) is 14.1. The first-order valence-electron chi connectivity index (χ1n) is 9.20. The summed E-state index contributed by atoms with van der Waals surface area (Å²) >= 11 is 0. The number of amides is 1. The highest BCUT2D eigenvalue weighted by atomic mass is 19.1. The molecule has 0 saturated carbocycles. The number of fused-ring (bicyclic) bond motifs is 2. The predicted molar refractivity (Wildman–Crippen MR) is 110 cm³/mol. The number of ether oxygens (including phenoxy) is 1. The van der Waals surface area contributed by atoms with Crippen LogP contribution in [0.2, 0.25) is 0 Å². The highest BCUT2D eigenvalue weighted by molar-refractivity contribution is 6.11. The van der Waals surface area contributed by atoms with E-state index in [1.54, 1.807) is 37.4 Å². The van der Waals surface area contributed by atoms with Gasteiger partial charge in [0, 0.05) is 20.3 Å². The molecule has 2 aromatic heterocycles. The minimum atomic E-state index is -0.474. The molecule has 2 aromatic carbocycles. The van der Waals surface area contributed by atoms with E-state index >= 15 is 0 Å². The van der Waals surface area contributed by atoms with Crippen LogP contribution in [0.25, 0.3) is 27.9 Å². The number of nitrogens with two attached hydrogens (primary N) is 1. The monoisotopic (exact) mass is 393 g/mol. The van der Waals surface area contributed by atoms with Crippen molar-refractivity contribution in [2.24, 2.45) is 0 Å². The normalized spacial score (nSPS) is 11.2. The van der Waals surface area contributed by atoms with Crippen molar-refractivity contribution in [3.63, 3.8) is 0 Å². The van der Waals surface area contributed by atoms with Gasteiger partial charge in [0.1, 0.15) is 22.7 Å². The van der Waals surface area contributed by atoms with Gasteiger partial charge < -0.3 is 15.8 Å². The summed E-state index contributed by atoms with van der Waals surface area (Å²) in [5.74, 6) is -0.772. The Labute approximate surface area is 166 Å². The van der Waals surface area contributed by atoms with Crippen LogP contribution in [0.5, 0.6) is 0 Å². The quantitative estimate of drug-likeness (QED) is 0.491. The van der Waals surface area contributed by atoms with Gasteiger partial charge in [0.25, 0.3) is 5.91 Å². The van der Waals surface area contributed by atoms with Crippen LogP contribution in [-0.2, 0) is 4.74 Å². The number of halogens is 1. The second-order valence-electron chi connectivity index (χ2n) is 6.53. The van der Waals surface area contributed by atoms with Crippen LogP contribution in [0.1, 0.15) is 16.8 Å². The van der Waals surface area contributed by atoms with E-state index in [-0.39, 0.29) is 23.0 Å². The molecular formula is C21H20FN5O2. The van der Waals surface area contributed by atoms with Crippen molar-refractivity contribution in [1.29, 1.82) is 0 Å². The van der Waals surface area contributed by atoms with Gasteiger partial charge in [-0.1, -0.05) is 24.3 Å². The summed E-state index contributed by atoms with van der Waals surface area (Å²) in [5.41, 5.74) is 8.63. The molecule has 0 aliphatic carbocycles. The molecule has 4 aromatic rings. The van der Waals surface area contributed by atoms with E-state index in [2.05, 4.69) is 15.3 Å². The van der Waals surface area contributed by atoms with Crippen molar-refractivity contribution in [2.45, 2.75) is 6.42 Å². The zero-order valence-electron chi connectivity index (χ0n) is 15.9. The number of methoxy groups -OCH3 is 1. The summed E-state index contributed by atoms with van der Waals surface area (Å²) in [6.45, 7) is 0.941. The van der Waals surface area contributed by atoms with Gasteiger partial charge >= 0.3 is 0 Å². The van der Waals surface area contributed by atoms with Crippen LogP contribution < -0.4 is 11.1 Å². The molecule has 1 amide bonds. The van der Waals surface area contributed by atoms with Crippen molar-refractivity contribution in [3.05, 3.63) is 59.9 Å². The first kappa shape index (κ1) is 18.8. The Morgan fingerprint density at radius 2 is 1.83 bits per heavy atom. The number of hydrogen-bond acceptors (Lipinski definition) is 5. The number of aromatic nitrogens is 3. The van der Waals surface area contributed by atoms with Crippen LogP contribution in [0, 0.1) is 5.82 Å². The third kappa shape index (κ3) is 3.38. The number of carbonyl (C=O) groups excluding carboxylic acids is 1. The van der Waals surface area contributed by atoms with Crippen LogP contribution >= 0.6 is 0 Å². The zero-order chi connectivity index (χ0) is 20.4. The van der Waals surface area contributed by atoms with Crippen LogP contribution in [0.3, 0.4) is 0 Å². The number of rotatable bonds is 6. The molecule has 148 valence electrons. The third-order valence-electron chi connectivity index (χ3n) is 4.63. The standard InChI is InChI=1S/C21H20FN5O2/c1-29-12-6-11-24-21(28)17-18-20(26-15-9-4-3-8-14(15)25-18)27(19(17)23)16-10-5-2-7-13(16)22/h2-5,7-10H,6,11-12,23H2,1H3,(H,24,28). The molecule has 0 atom stereocenters. The number of nitrogens with one attached hydrogen (secondary N) is 1. The molecule has 0 unspecified atom stereocenters. The van der Waals surface area contributed by atoms with E-state index in [4.69, 9.17) is 10.5 Å². The Hall–Kier alpha value is -3.52. The smallest absolute Gasteiger partial charge is 0.257 e. The highest BCUT2D eigenvalue weighted by Gasteiger charge is 2.25. The van der Waals surface area contributed by atoms with E-state index in [1.165, 1.54) is 10.6 Å². The Balaban J connectivity index is 1.93. The van der Waals surface area contributed by atoms with Gasteiger partial charge in [0.15, 0.2) is 5.65 Å². The minimum absolute atomic E-state index is 0.0876. The lowest BCUT2D eigenvalue weighted by Gasteiger charge is -2.09. The van der Waals surface area contributed by atoms with Crippen molar-refractivity contribution in [2.75, 3.05) is 26.0 Å². The largest absolute Gasteiger partial charge is 0.385 e. The lowest BCUT2D eigenvalue weighted by molar-refractivity contribution is 0.0951. The molecule has 0 bridgehead atoms. The Morgan fingerprint density at radius 3 is 2.55 bits per heavy atom. The number of hydrogen-bond donors (Lipinski definition) is 2. The number of para-hydroxylation sites is 3. The molecule has 0 aliphatic heterocycles. The molecule has 0 fully saturated rings. The number of carbonyl (C=O) groups is 1. The van der Waals surface area contributed by atoms with E-state index in [0.717, 1.165) is 0 Å². The summed E-state index contributed by atoms with van der Waals surface area (Å²) < 4.78 is 21.0. The molecule has 7 nitrogen and oxygen atoms in total. The molecular weight excluding hydrogens is 373 g/mol. The van der Waals surface area contributed by atoms with Crippen LogP contribution in [0.4, 0.5) is 10.2 Å². The van der Waals surface area contributed by atoms with Crippen molar-refractivity contribution < 1.29 is 13.9 Å². The molecule has 0 radical (unpaired) electrons. The molecule has 0 aliphatic rings. The Morgan fingerprint density at radius 1 is 1.14 bits per heavy atom. The highest BCUT2D eigenvalue weighted by Crippen LogP contribution is 2.31. The van der Waals surface area contributed by atoms with Gasteiger partial charge in [0.05, 0.1) is 16.7 Å². The molecule has 29 heavy (non-hydrogen) atoms. The molecule has 3 N–H and O–H groups in total. The summed E-state index contributed by atoms with van der Waals surface area (Å²) in [7, 11) is 1.60. The van der Waals surface area contributed by atoms with Crippen molar-refractivity contribution in [1.82, 2.24) is 19.9 Å². The van der Waals surface area contributed by atoms with Crippen molar-refractivity contribution >= 4 is 33.9 Å². The number of nitrogen functional groups attached to an aromatic ring is 1. The van der Waals surface area contributed by atoms with Gasteiger partial charge in [0.2, 0.25) is 0 Å². The SMILES string of the molecule is COCCCNC(=O)c1c(N)n(-c2ccccc2F)c2nc3ccccc3nc12. The topological polar surface area (TPSA) is 95.1 Å². The maximum atomic E-state index is 14.6. The van der Waals surface area contributed by atoms with Crippen LogP contribution in [-0.4, -0.2) is 40.7 Å². The lowest BCUT2D eigenvalue weighted by Crippen LogP contribution is -2.26. The van der Waals surface area contributed by atoms with E-state index < -0.39 is 5.82 Å². The van der Waals surface area contributed by atoms with Gasteiger partial charge in [-0.15, -0.1) is 0 Å². The fraction of sp³-hybridized carbons (Fsp3) is 0.190. The number of anilines is 1. The summed E-state index contributed by atoms with van der Waals surface area (Å²) in [5, 5.41) is 2.82. The van der Waals surface area contributed by atoms with Gasteiger partial charge in [-0.2, -0.15) is 0 Å². The van der Waals surface area contributed by atoms with Gasteiger partial charge in [-0.25, -0.2) is 14.4 Å². The molecule has 8 heteroatoms. The molecule has 4 rings (SSSR count). The van der Waals surface area contributed by atoms with Crippen LogP contribution in [0.15, 0.2) is 48.5 Å². The first-order valence-corrected chi connectivity index (χ1v) is 9.20. The van der Waals surface area contributed by atoms with Gasteiger partial charge in [-0.05, 0) is 30.7 Å². The second-order valence-corrected chi connectivity index (χ2v) is 6.53. The molecule has 2 heterocycles. The summed E-state index contributed by atoms with van der Waals surface area (Å²) in [6.07, 6.45) is 0.655. The van der Waals surface area contributed by atoms with E-state index in [1.807, 2.05) is 12.1 Å². The Kier molecular flexibility index (Phi) is 5.09. The fourth-order valence-electron chi connectivity index (χ4n) is 3.27. The van der Waals surface area contributed by atoms with Gasteiger partial charge in [-0.3, -0.25) is 9.36 Å². The average molecular weight is 393 g/mol. The molecule has 0 saturated heterocycles. The summed E-state index contributed by atoms with van der Waals surface area (Å²) in [6, 6.07) is 13.5. The lowest BCUT2D eigenvalue weighted by atomic mass is 10.2. The summed E-state index contributed by atoms with van der Waals surface area (Å²) in [4.78, 5) is 22.1. The Bertz CT molecular complexity index is 1200. The predicted octanol–water partition coefficient (Wildman–Crippen LogP) is 3.06. The maximum Gasteiger partial charge on any atom is 0.257 e. The second kappa shape index (κ2) is 7.84. The van der Waals surface area contributed by atoms with Crippen molar-refractivity contribution in [3.8, 4) is 5.69 Å². The zero-order valence-corrected chi connectivity index (χ0v) is 15.9. The van der Waals surface area contributed by atoms with E-state index in [0.29, 0.717) is 41.8 Å². The number of benzene rings is 2. The van der Waals surface area contributed by atoms with E-state index in [9.17, 15) is 9.18 Å². The number of nitrogens with zero attached hydrogens (tertiary/aromatic N) is 3.